The van der Waals surface area contributed by atoms with Crippen LogP contribution in [0.4, 0.5) is 5.69 Å². The van der Waals surface area contributed by atoms with Crippen molar-refractivity contribution in [2.24, 2.45) is 5.10 Å². The van der Waals surface area contributed by atoms with Gasteiger partial charge in [-0.25, -0.2) is 0 Å². The fourth-order valence-electron chi connectivity index (χ4n) is 1.86. The van der Waals surface area contributed by atoms with Gasteiger partial charge in [0.1, 0.15) is 11.5 Å². The Labute approximate surface area is 149 Å². The van der Waals surface area contributed by atoms with E-state index in [1.54, 1.807) is 25.5 Å². The molecule has 0 aliphatic rings. The minimum atomic E-state index is 0.132. The van der Waals surface area contributed by atoms with Gasteiger partial charge in [0.15, 0.2) is 0 Å². The number of benzene rings is 2. The number of ether oxygens (including phenoxy) is 2. The molecule has 0 aromatic heterocycles. The molecule has 0 saturated heterocycles. The predicted octanol–water partition coefficient (Wildman–Crippen LogP) is 5.34. The number of methoxy groups -OCH3 is 1. The summed E-state index contributed by atoms with van der Waals surface area (Å²) in [5, 5.41) is 4.74. The van der Waals surface area contributed by atoms with Crippen LogP contribution in [0.25, 0.3) is 0 Å². The third-order valence-corrected chi connectivity index (χ3v) is 3.79. The smallest absolute Gasteiger partial charge is 0.137 e. The molecule has 2 aromatic carbocycles. The van der Waals surface area contributed by atoms with Gasteiger partial charge in [-0.05, 0) is 71.7 Å². The minimum absolute atomic E-state index is 0.132. The Kier molecular flexibility index (Phi) is 6.30. The van der Waals surface area contributed by atoms with Crippen molar-refractivity contribution >= 4 is 39.4 Å². The number of hydrogen-bond donors (Lipinski definition) is 1. The van der Waals surface area contributed by atoms with Crippen molar-refractivity contribution < 1.29 is 9.47 Å². The zero-order valence-corrected chi connectivity index (χ0v) is 15.5. The fourth-order valence-corrected chi connectivity index (χ4v) is 2.61. The summed E-state index contributed by atoms with van der Waals surface area (Å²) in [4.78, 5) is 0. The molecule has 0 radical (unpaired) electrons. The van der Waals surface area contributed by atoms with Crippen molar-refractivity contribution in [1.29, 1.82) is 0 Å². The quantitative estimate of drug-likeness (QED) is 0.528. The van der Waals surface area contributed by atoms with E-state index in [0.29, 0.717) is 10.8 Å². The Morgan fingerprint density at radius 1 is 1.17 bits per heavy atom. The molecule has 4 nitrogen and oxygen atoms in total. The lowest BCUT2D eigenvalue weighted by Gasteiger charge is -2.11. The summed E-state index contributed by atoms with van der Waals surface area (Å²) in [5.74, 6) is 1.44. The van der Waals surface area contributed by atoms with Gasteiger partial charge < -0.3 is 9.47 Å². The number of hydrogen-bond acceptors (Lipinski definition) is 4. The van der Waals surface area contributed by atoms with Crippen LogP contribution >= 0.6 is 27.5 Å². The van der Waals surface area contributed by atoms with Gasteiger partial charge in [0.05, 0.1) is 34.6 Å². The Bertz CT molecular complexity index is 705. The van der Waals surface area contributed by atoms with Gasteiger partial charge in [-0.2, -0.15) is 5.10 Å². The highest BCUT2D eigenvalue weighted by Gasteiger charge is 2.04. The summed E-state index contributed by atoms with van der Waals surface area (Å²) < 4.78 is 11.7. The number of hydrazone groups is 1. The van der Waals surface area contributed by atoms with Crippen LogP contribution in [0, 0.1) is 0 Å². The van der Waals surface area contributed by atoms with Crippen molar-refractivity contribution in [2.75, 3.05) is 12.5 Å². The molecule has 0 heterocycles. The average Bonchev–Trinajstić information content (AvgIpc) is 2.50. The van der Waals surface area contributed by atoms with E-state index in [0.717, 1.165) is 21.5 Å². The molecule has 2 rings (SSSR count). The lowest BCUT2D eigenvalue weighted by molar-refractivity contribution is 0.241. The lowest BCUT2D eigenvalue weighted by atomic mass is 10.2. The molecule has 0 atom stereocenters. The van der Waals surface area contributed by atoms with Gasteiger partial charge in [0, 0.05) is 0 Å². The second-order valence-corrected chi connectivity index (χ2v) is 6.34. The van der Waals surface area contributed by atoms with E-state index in [1.165, 1.54) is 0 Å². The zero-order chi connectivity index (χ0) is 16.8. The number of halogens is 2. The summed E-state index contributed by atoms with van der Waals surface area (Å²) in [5.41, 5.74) is 4.66. The van der Waals surface area contributed by atoms with Gasteiger partial charge >= 0.3 is 0 Å². The van der Waals surface area contributed by atoms with Crippen LogP contribution in [0.1, 0.15) is 19.4 Å². The Morgan fingerprint density at radius 3 is 2.52 bits per heavy atom. The number of nitrogens with one attached hydrogen (secondary N) is 1. The molecule has 23 heavy (non-hydrogen) atoms. The van der Waals surface area contributed by atoms with Crippen molar-refractivity contribution in [3.05, 3.63) is 51.5 Å². The number of anilines is 1. The van der Waals surface area contributed by atoms with E-state index in [2.05, 4.69) is 26.5 Å². The first-order valence-electron chi connectivity index (χ1n) is 7.08. The first-order chi connectivity index (χ1) is 11.0. The number of nitrogens with zero attached hydrogens (tertiary/aromatic N) is 1. The maximum absolute atomic E-state index is 6.07. The van der Waals surface area contributed by atoms with Gasteiger partial charge in [-0.1, -0.05) is 11.6 Å². The minimum Gasteiger partial charge on any atom is -0.495 e. The van der Waals surface area contributed by atoms with E-state index in [4.69, 9.17) is 21.1 Å². The molecule has 2 aromatic rings. The average molecular weight is 398 g/mol. The van der Waals surface area contributed by atoms with Crippen LogP contribution in [0.2, 0.25) is 5.02 Å². The topological polar surface area (TPSA) is 42.8 Å². The molecule has 0 aliphatic heterocycles. The molecule has 0 bridgehead atoms. The highest BCUT2D eigenvalue weighted by atomic mass is 79.9. The summed E-state index contributed by atoms with van der Waals surface area (Å²) in [6, 6.07) is 11.2. The molecule has 0 amide bonds. The van der Waals surface area contributed by atoms with Crippen LogP contribution in [0.5, 0.6) is 11.5 Å². The summed E-state index contributed by atoms with van der Waals surface area (Å²) in [6.45, 7) is 3.98. The van der Waals surface area contributed by atoms with Crippen molar-refractivity contribution in [3.8, 4) is 11.5 Å². The van der Waals surface area contributed by atoms with Gasteiger partial charge in [-0.3, -0.25) is 5.43 Å². The van der Waals surface area contributed by atoms with Crippen molar-refractivity contribution in [2.45, 2.75) is 20.0 Å². The maximum Gasteiger partial charge on any atom is 0.137 e. The molecular weight excluding hydrogens is 380 g/mol. The molecule has 0 fully saturated rings. The third kappa shape index (κ3) is 5.15. The highest BCUT2D eigenvalue weighted by Crippen LogP contribution is 2.28. The summed E-state index contributed by atoms with van der Waals surface area (Å²) in [7, 11) is 1.58. The van der Waals surface area contributed by atoms with Gasteiger partial charge in [0.2, 0.25) is 0 Å². The summed E-state index contributed by atoms with van der Waals surface area (Å²) in [6.07, 6.45) is 1.86. The van der Waals surface area contributed by atoms with Crippen LogP contribution in [-0.2, 0) is 0 Å². The summed E-state index contributed by atoms with van der Waals surface area (Å²) >= 11 is 9.57. The van der Waals surface area contributed by atoms with Crippen LogP contribution in [0.15, 0.2) is 46.0 Å². The normalized spacial score (nSPS) is 11.0. The molecule has 0 unspecified atom stereocenters. The largest absolute Gasteiger partial charge is 0.495 e. The lowest BCUT2D eigenvalue weighted by Crippen LogP contribution is -2.06. The van der Waals surface area contributed by atoms with E-state index in [9.17, 15) is 0 Å². The van der Waals surface area contributed by atoms with E-state index < -0.39 is 0 Å². The standard InChI is InChI=1S/C17H18BrClN2O2/c1-11(2)23-16-6-4-12(8-14(16)18)10-20-21-13-5-7-17(22-3)15(19)9-13/h4-11,21H,1-3H3/b20-10+. The first-order valence-corrected chi connectivity index (χ1v) is 8.25. The Hall–Kier alpha value is -1.72. The zero-order valence-electron chi connectivity index (χ0n) is 13.1. The first kappa shape index (κ1) is 17.6. The van der Waals surface area contributed by atoms with E-state index in [1.807, 2.05) is 38.1 Å². The molecular formula is C17H18BrClN2O2. The fraction of sp³-hybridized carbons (Fsp3) is 0.235. The SMILES string of the molecule is COc1ccc(N/N=C/c2ccc(OC(C)C)c(Br)c2)cc1Cl. The number of rotatable bonds is 6. The second kappa shape index (κ2) is 8.22. The molecule has 0 spiro atoms. The van der Waals surface area contributed by atoms with Gasteiger partial charge in [-0.15, -0.1) is 0 Å². The second-order valence-electron chi connectivity index (χ2n) is 5.08. The van der Waals surface area contributed by atoms with E-state index >= 15 is 0 Å². The van der Waals surface area contributed by atoms with Crippen LogP contribution < -0.4 is 14.9 Å². The van der Waals surface area contributed by atoms with Crippen LogP contribution in [-0.4, -0.2) is 19.4 Å². The Morgan fingerprint density at radius 2 is 1.91 bits per heavy atom. The monoisotopic (exact) mass is 396 g/mol. The Balaban J connectivity index is 2.03. The predicted molar refractivity (Wildman–Crippen MR) is 99.1 cm³/mol. The third-order valence-electron chi connectivity index (χ3n) is 2.88. The van der Waals surface area contributed by atoms with E-state index in [-0.39, 0.29) is 6.10 Å². The molecule has 6 heteroatoms. The maximum atomic E-state index is 6.07. The van der Waals surface area contributed by atoms with Crippen LogP contribution in [0.3, 0.4) is 0 Å². The molecule has 122 valence electrons. The molecule has 0 saturated carbocycles. The van der Waals surface area contributed by atoms with Crippen molar-refractivity contribution in [1.82, 2.24) is 0 Å². The molecule has 0 aliphatic carbocycles. The highest BCUT2D eigenvalue weighted by molar-refractivity contribution is 9.10. The van der Waals surface area contributed by atoms with Crippen molar-refractivity contribution in [3.63, 3.8) is 0 Å². The van der Waals surface area contributed by atoms with Gasteiger partial charge in [0.25, 0.3) is 0 Å². The molecule has 1 N–H and O–H groups in total.